The summed E-state index contributed by atoms with van der Waals surface area (Å²) in [5.41, 5.74) is -1.88. The number of hydrogen-bond donors (Lipinski definition) is 3. The minimum atomic E-state index is -1.20. The average molecular weight is 275 g/mol. The van der Waals surface area contributed by atoms with Gasteiger partial charge in [-0.05, 0) is 33.6 Å². The number of aliphatic carboxylic acids is 1. The van der Waals surface area contributed by atoms with Gasteiger partial charge in [0.15, 0.2) is 0 Å². The third kappa shape index (κ3) is 7.00. The van der Waals surface area contributed by atoms with Crippen LogP contribution in [0.1, 0.15) is 48.0 Å². The molecule has 112 valence electrons. The van der Waals surface area contributed by atoms with E-state index in [0.29, 0.717) is 0 Å². The standard InChI is InChI=1S/C13H25NO5/c1-8(2)13(6,18)7-9(10(15)16)14-11(17)19-12(3,4)5/h8-9,18H,7H2,1-6H3,(H,14,17)(H,15,16). The number of carbonyl (C=O) groups excluding carboxylic acids is 1. The van der Waals surface area contributed by atoms with E-state index in [4.69, 9.17) is 9.84 Å². The van der Waals surface area contributed by atoms with Crippen LogP contribution < -0.4 is 5.32 Å². The Balaban J connectivity index is 4.69. The summed E-state index contributed by atoms with van der Waals surface area (Å²) in [6.45, 7) is 10.2. The summed E-state index contributed by atoms with van der Waals surface area (Å²) >= 11 is 0. The Morgan fingerprint density at radius 2 is 1.68 bits per heavy atom. The molecule has 0 saturated heterocycles. The van der Waals surface area contributed by atoms with E-state index in [1.54, 1.807) is 41.5 Å². The van der Waals surface area contributed by atoms with Crippen molar-refractivity contribution in [3.8, 4) is 0 Å². The van der Waals surface area contributed by atoms with Crippen molar-refractivity contribution >= 4 is 12.1 Å². The Kier molecular flexibility index (Phi) is 5.81. The van der Waals surface area contributed by atoms with Gasteiger partial charge in [-0.25, -0.2) is 9.59 Å². The molecular weight excluding hydrogens is 250 g/mol. The zero-order valence-electron chi connectivity index (χ0n) is 12.5. The van der Waals surface area contributed by atoms with Crippen molar-refractivity contribution in [2.45, 2.75) is 65.2 Å². The summed E-state index contributed by atoms with van der Waals surface area (Å²) in [4.78, 5) is 22.7. The van der Waals surface area contributed by atoms with Gasteiger partial charge in [-0.15, -0.1) is 0 Å². The van der Waals surface area contributed by atoms with Crippen LogP contribution in [0.3, 0.4) is 0 Å². The van der Waals surface area contributed by atoms with E-state index in [0.717, 1.165) is 0 Å². The first-order valence-electron chi connectivity index (χ1n) is 6.30. The molecule has 3 N–H and O–H groups in total. The van der Waals surface area contributed by atoms with E-state index in [1.165, 1.54) is 0 Å². The van der Waals surface area contributed by atoms with Crippen molar-refractivity contribution in [1.82, 2.24) is 5.32 Å². The third-order valence-electron chi connectivity index (χ3n) is 2.85. The fourth-order valence-corrected chi connectivity index (χ4v) is 1.30. The van der Waals surface area contributed by atoms with Crippen molar-refractivity contribution in [2.75, 3.05) is 0 Å². The maximum Gasteiger partial charge on any atom is 0.408 e. The predicted octanol–water partition coefficient (Wildman–Crippen LogP) is 1.76. The van der Waals surface area contributed by atoms with Crippen LogP contribution in [0.15, 0.2) is 0 Å². The molecule has 2 atom stereocenters. The molecule has 0 heterocycles. The molecule has 0 bridgehead atoms. The Morgan fingerprint density at radius 3 is 2.00 bits per heavy atom. The van der Waals surface area contributed by atoms with Gasteiger partial charge in [0.05, 0.1) is 5.60 Å². The number of ether oxygens (including phenoxy) is 1. The van der Waals surface area contributed by atoms with Crippen LogP contribution in [0.5, 0.6) is 0 Å². The second-order valence-corrected chi connectivity index (χ2v) is 6.25. The molecule has 0 aliphatic carbocycles. The molecule has 0 rings (SSSR count). The molecule has 6 nitrogen and oxygen atoms in total. The highest BCUT2D eigenvalue weighted by molar-refractivity contribution is 5.80. The molecule has 0 aliphatic heterocycles. The van der Waals surface area contributed by atoms with Crippen LogP contribution in [0.25, 0.3) is 0 Å². The normalized spacial score (nSPS) is 16.6. The first-order valence-corrected chi connectivity index (χ1v) is 6.30. The summed E-state index contributed by atoms with van der Waals surface area (Å²) in [6.07, 6.45) is -0.890. The van der Waals surface area contributed by atoms with E-state index in [-0.39, 0.29) is 12.3 Å². The summed E-state index contributed by atoms with van der Waals surface area (Å²) in [5, 5.41) is 21.4. The van der Waals surface area contributed by atoms with Gasteiger partial charge in [0.1, 0.15) is 11.6 Å². The number of nitrogens with one attached hydrogen (secondary N) is 1. The number of rotatable bonds is 5. The lowest BCUT2D eigenvalue weighted by Gasteiger charge is -2.31. The highest BCUT2D eigenvalue weighted by Crippen LogP contribution is 2.22. The van der Waals surface area contributed by atoms with E-state index in [2.05, 4.69) is 5.32 Å². The maximum absolute atomic E-state index is 11.6. The minimum absolute atomic E-state index is 0.0841. The highest BCUT2D eigenvalue weighted by Gasteiger charge is 2.34. The molecule has 19 heavy (non-hydrogen) atoms. The van der Waals surface area contributed by atoms with Crippen molar-refractivity contribution in [3.05, 3.63) is 0 Å². The van der Waals surface area contributed by atoms with Gasteiger partial charge in [0.25, 0.3) is 0 Å². The lowest BCUT2D eigenvalue weighted by molar-refractivity contribution is -0.141. The number of amides is 1. The van der Waals surface area contributed by atoms with E-state index in [1.807, 2.05) is 0 Å². The number of carbonyl (C=O) groups is 2. The Morgan fingerprint density at radius 1 is 1.21 bits per heavy atom. The molecule has 0 radical (unpaired) electrons. The molecule has 6 heteroatoms. The SMILES string of the molecule is CC(C)C(C)(O)CC(NC(=O)OC(C)(C)C)C(=O)O. The zero-order valence-corrected chi connectivity index (χ0v) is 12.5. The number of alkyl carbamates (subject to hydrolysis) is 1. The largest absolute Gasteiger partial charge is 0.480 e. The van der Waals surface area contributed by atoms with Crippen LogP contribution >= 0.6 is 0 Å². The summed E-state index contributed by atoms with van der Waals surface area (Å²) in [6, 6.07) is -1.19. The number of hydrogen-bond acceptors (Lipinski definition) is 4. The fourth-order valence-electron chi connectivity index (χ4n) is 1.30. The van der Waals surface area contributed by atoms with Crippen LogP contribution in [-0.4, -0.2) is 39.5 Å². The van der Waals surface area contributed by atoms with Gasteiger partial charge in [-0.3, -0.25) is 0 Å². The lowest BCUT2D eigenvalue weighted by atomic mass is 9.86. The molecule has 0 spiro atoms. The smallest absolute Gasteiger partial charge is 0.408 e. The van der Waals surface area contributed by atoms with Crippen molar-refractivity contribution in [2.24, 2.45) is 5.92 Å². The van der Waals surface area contributed by atoms with Crippen LogP contribution in [0, 0.1) is 5.92 Å². The molecule has 2 unspecified atom stereocenters. The Bertz CT molecular complexity index is 330. The lowest BCUT2D eigenvalue weighted by Crippen LogP contribution is -2.48. The van der Waals surface area contributed by atoms with E-state index in [9.17, 15) is 14.7 Å². The van der Waals surface area contributed by atoms with E-state index < -0.39 is 29.3 Å². The van der Waals surface area contributed by atoms with Crippen molar-refractivity contribution < 1.29 is 24.5 Å². The Labute approximate surface area is 114 Å². The zero-order chi connectivity index (χ0) is 15.4. The van der Waals surface area contributed by atoms with Crippen LogP contribution in [-0.2, 0) is 9.53 Å². The Hall–Kier alpha value is -1.30. The van der Waals surface area contributed by atoms with E-state index >= 15 is 0 Å². The second-order valence-electron chi connectivity index (χ2n) is 6.25. The summed E-state index contributed by atoms with van der Waals surface area (Å²) in [5.74, 6) is -1.33. The van der Waals surface area contributed by atoms with Crippen LogP contribution in [0.4, 0.5) is 4.79 Å². The number of carboxylic acids is 1. The third-order valence-corrected chi connectivity index (χ3v) is 2.85. The first-order chi connectivity index (χ1) is 8.35. The van der Waals surface area contributed by atoms with Gasteiger partial charge < -0.3 is 20.3 Å². The quantitative estimate of drug-likeness (QED) is 0.710. The highest BCUT2D eigenvalue weighted by atomic mass is 16.6. The molecule has 0 aromatic carbocycles. The minimum Gasteiger partial charge on any atom is -0.480 e. The number of carboxylic acid groups (broad SMARTS) is 1. The van der Waals surface area contributed by atoms with Crippen molar-refractivity contribution in [3.63, 3.8) is 0 Å². The molecule has 1 amide bonds. The predicted molar refractivity (Wildman–Crippen MR) is 70.9 cm³/mol. The summed E-state index contributed by atoms with van der Waals surface area (Å²) < 4.78 is 5.00. The van der Waals surface area contributed by atoms with Gasteiger partial charge in [-0.1, -0.05) is 13.8 Å². The van der Waals surface area contributed by atoms with Gasteiger partial charge >= 0.3 is 12.1 Å². The van der Waals surface area contributed by atoms with Crippen molar-refractivity contribution in [1.29, 1.82) is 0 Å². The molecular formula is C13H25NO5. The first kappa shape index (κ1) is 17.7. The molecule has 0 aromatic rings. The van der Waals surface area contributed by atoms with Crippen LogP contribution in [0.2, 0.25) is 0 Å². The number of aliphatic hydroxyl groups is 1. The van der Waals surface area contributed by atoms with Gasteiger partial charge in [0.2, 0.25) is 0 Å². The second kappa shape index (κ2) is 6.23. The van der Waals surface area contributed by atoms with Gasteiger partial charge in [0, 0.05) is 6.42 Å². The molecule has 0 saturated carbocycles. The fraction of sp³-hybridized carbons (Fsp3) is 0.846. The molecule has 0 fully saturated rings. The average Bonchev–Trinajstić information content (AvgIpc) is 2.12. The maximum atomic E-state index is 11.6. The molecule has 0 aromatic heterocycles. The monoisotopic (exact) mass is 275 g/mol. The summed E-state index contributed by atoms with van der Waals surface area (Å²) in [7, 11) is 0. The topological polar surface area (TPSA) is 95.9 Å². The molecule has 0 aliphatic rings. The van der Waals surface area contributed by atoms with Gasteiger partial charge in [-0.2, -0.15) is 0 Å².